The van der Waals surface area contributed by atoms with Crippen molar-refractivity contribution < 1.29 is 19.1 Å². The van der Waals surface area contributed by atoms with E-state index in [4.69, 9.17) is 4.74 Å². The topological polar surface area (TPSA) is 69.9 Å². The van der Waals surface area contributed by atoms with Gasteiger partial charge in [0, 0.05) is 6.20 Å². The van der Waals surface area contributed by atoms with Crippen LogP contribution >= 0.6 is 0 Å². The van der Waals surface area contributed by atoms with E-state index in [1.54, 1.807) is 24.4 Å². The van der Waals surface area contributed by atoms with E-state index < -0.39 is 11.9 Å². The molecule has 6 heteroatoms. The third-order valence-electron chi connectivity index (χ3n) is 2.54. The highest BCUT2D eigenvalue weighted by molar-refractivity contribution is 5.99. The summed E-state index contributed by atoms with van der Waals surface area (Å²) in [5.74, 6) is -0.973. The molecule has 0 aliphatic rings. The lowest BCUT2D eigenvalue weighted by Gasteiger charge is -2.00. The zero-order valence-electron chi connectivity index (χ0n) is 10.0. The fourth-order valence-corrected chi connectivity index (χ4v) is 1.70. The van der Waals surface area contributed by atoms with Crippen molar-refractivity contribution in [2.45, 2.75) is 6.42 Å². The lowest BCUT2D eigenvalue weighted by atomic mass is 10.1. The molecule has 0 N–H and O–H groups in total. The molecule has 0 spiro atoms. The smallest absolute Gasteiger partial charge is 0.342 e. The van der Waals surface area contributed by atoms with Gasteiger partial charge in [-0.3, -0.25) is 4.79 Å². The fourth-order valence-electron chi connectivity index (χ4n) is 1.70. The lowest BCUT2D eigenvalue weighted by molar-refractivity contribution is -0.139. The summed E-state index contributed by atoms with van der Waals surface area (Å²) in [5, 5.41) is 4.18. The molecule has 0 unspecified atom stereocenters. The maximum atomic E-state index is 11.8. The number of esters is 2. The molecule has 2 rings (SSSR count). The molecule has 2 aromatic heterocycles. The predicted octanol–water partition coefficient (Wildman–Crippen LogP) is 0.836. The van der Waals surface area contributed by atoms with Crippen molar-refractivity contribution in [3.05, 3.63) is 35.7 Å². The van der Waals surface area contributed by atoms with Gasteiger partial charge < -0.3 is 9.47 Å². The summed E-state index contributed by atoms with van der Waals surface area (Å²) in [5.41, 5.74) is 1.24. The third kappa shape index (κ3) is 2.04. The molecule has 0 aromatic carbocycles. The molecule has 0 aliphatic carbocycles. The average molecular weight is 248 g/mol. The molecule has 0 saturated carbocycles. The molecule has 18 heavy (non-hydrogen) atoms. The van der Waals surface area contributed by atoms with Crippen molar-refractivity contribution in [1.82, 2.24) is 9.61 Å². The summed E-state index contributed by atoms with van der Waals surface area (Å²) in [6.07, 6.45) is 1.63. The van der Waals surface area contributed by atoms with Crippen LogP contribution in [0.1, 0.15) is 16.1 Å². The number of hydrogen-bond acceptors (Lipinski definition) is 5. The highest BCUT2D eigenvalue weighted by atomic mass is 16.5. The van der Waals surface area contributed by atoms with Gasteiger partial charge >= 0.3 is 11.9 Å². The van der Waals surface area contributed by atoms with Gasteiger partial charge in [0.15, 0.2) is 0 Å². The zero-order chi connectivity index (χ0) is 13.1. The van der Waals surface area contributed by atoms with Crippen LogP contribution in [0.3, 0.4) is 0 Å². The molecular formula is C12H12N2O4. The summed E-state index contributed by atoms with van der Waals surface area (Å²) in [6, 6.07) is 5.30. The van der Waals surface area contributed by atoms with Crippen LogP contribution in [-0.4, -0.2) is 35.8 Å². The average Bonchev–Trinajstić information content (AvgIpc) is 2.75. The Morgan fingerprint density at radius 3 is 2.72 bits per heavy atom. The first-order valence-electron chi connectivity index (χ1n) is 5.28. The Bertz CT molecular complexity index is 603. The molecule has 0 saturated heterocycles. The number of methoxy groups -OCH3 is 2. The van der Waals surface area contributed by atoms with E-state index >= 15 is 0 Å². The molecule has 0 atom stereocenters. The van der Waals surface area contributed by atoms with E-state index in [0.717, 1.165) is 0 Å². The molecule has 6 nitrogen and oxygen atoms in total. The van der Waals surface area contributed by atoms with Crippen LogP contribution in [0.25, 0.3) is 5.52 Å². The Hall–Kier alpha value is -2.37. The van der Waals surface area contributed by atoms with Crippen LogP contribution in [0, 0.1) is 0 Å². The van der Waals surface area contributed by atoms with Crippen molar-refractivity contribution in [1.29, 1.82) is 0 Å². The van der Waals surface area contributed by atoms with Gasteiger partial charge in [0.25, 0.3) is 0 Å². The molecule has 94 valence electrons. The van der Waals surface area contributed by atoms with Gasteiger partial charge in [-0.25, -0.2) is 9.31 Å². The van der Waals surface area contributed by atoms with Crippen molar-refractivity contribution >= 4 is 17.5 Å². The minimum Gasteiger partial charge on any atom is -0.469 e. The monoisotopic (exact) mass is 248 g/mol. The van der Waals surface area contributed by atoms with Crippen LogP contribution in [0.4, 0.5) is 0 Å². The number of nitrogens with zero attached hydrogens (tertiary/aromatic N) is 2. The highest BCUT2D eigenvalue weighted by Crippen LogP contribution is 2.17. The second-order valence-electron chi connectivity index (χ2n) is 3.60. The number of carbonyl (C=O) groups excluding carboxylic acids is 2. The Morgan fingerprint density at radius 2 is 2.06 bits per heavy atom. The van der Waals surface area contributed by atoms with Crippen molar-refractivity contribution in [3.63, 3.8) is 0 Å². The Kier molecular flexibility index (Phi) is 3.27. The molecule has 2 heterocycles. The normalized spacial score (nSPS) is 10.3. The molecular weight excluding hydrogens is 236 g/mol. The van der Waals surface area contributed by atoms with Crippen LogP contribution in [0.2, 0.25) is 0 Å². The van der Waals surface area contributed by atoms with Crippen molar-refractivity contribution in [2.24, 2.45) is 0 Å². The second kappa shape index (κ2) is 4.87. The number of carbonyl (C=O) groups is 2. The predicted molar refractivity (Wildman–Crippen MR) is 62.3 cm³/mol. The number of rotatable bonds is 3. The number of ether oxygens (including phenoxy) is 2. The molecule has 0 aliphatic heterocycles. The maximum absolute atomic E-state index is 11.8. The van der Waals surface area contributed by atoms with Gasteiger partial charge in [0.1, 0.15) is 5.56 Å². The summed E-state index contributed by atoms with van der Waals surface area (Å²) in [4.78, 5) is 23.0. The molecule has 0 fully saturated rings. The van der Waals surface area contributed by atoms with E-state index in [-0.39, 0.29) is 6.42 Å². The molecule has 2 aromatic rings. The van der Waals surface area contributed by atoms with E-state index in [0.29, 0.717) is 16.8 Å². The SMILES string of the molecule is COC(=O)Cc1nn2ccccc2c1C(=O)OC. The Morgan fingerprint density at radius 1 is 1.28 bits per heavy atom. The van der Waals surface area contributed by atoms with Crippen LogP contribution in [0.5, 0.6) is 0 Å². The fraction of sp³-hybridized carbons (Fsp3) is 0.250. The first kappa shape index (κ1) is 12.1. The summed E-state index contributed by atoms with van der Waals surface area (Å²) >= 11 is 0. The number of pyridine rings is 1. The maximum Gasteiger partial charge on any atom is 0.342 e. The van der Waals surface area contributed by atoms with Crippen molar-refractivity contribution in [3.8, 4) is 0 Å². The van der Waals surface area contributed by atoms with E-state index in [1.807, 2.05) is 0 Å². The summed E-state index contributed by atoms with van der Waals surface area (Å²) in [6.45, 7) is 0. The third-order valence-corrected chi connectivity index (χ3v) is 2.54. The highest BCUT2D eigenvalue weighted by Gasteiger charge is 2.22. The van der Waals surface area contributed by atoms with Gasteiger partial charge in [-0.2, -0.15) is 5.10 Å². The molecule has 0 amide bonds. The standard InChI is InChI=1S/C12H12N2O4/c1-17-10(15)7-8-11(12(16)18-2)9-5-3-4-6-14(9)13-8/h3-6H,7H2,1-2H3. The molecule has 0 radical (unpaired) electrons. The van der Waals surface area contributed by atoms with Gasteiger partial charge in [0.2, 0.25) is 0 Å². The Balaban J connectivity index is 2.57. The summed E-state index contributed by atoms with van der Waals surface area (Å²) in [7, 11) is 2.58. The van der Waals surface area contributed by atoms with Gasteiger partial charge in [-0.05, 0) is 12.1 Å². The lowest BCUT2D eigenvalue weighted by Crippen LogP contribution is -2.10. The minimum atomic E-state index is -0.518. The molecule has 0 bridgehead atoms. The van der Waals surface area contributed by atoms with Crippen LogP contribution < -0.4 is 0 Å². The first-order valence-corrected chi connectivity index (χ1v) is 5.28. The van der Waals surface area contributed by atoms with E-state index in [9.17, 15) is 9.59 Å². The van der Waals surface area contributed by atoms with Crippen LogP contribution in [-0.2, 0) is 20.7 Å². The van der Waals surface area contributed by atoms with Gasteiger partial charge in [-0.1, -0.05) is 6.07 Å². The van der Waals surface area contributed by atoms with Crippen molar-refractivity contribution in [2.75, 3.05) is 14.2 Å². The van der Waals surface area contributed by atoms with Gasteiger partial charge in [-0.15, -0.1) is 0 Å². The number of hydrogen-bond donors (Lipinski definition) is 0. The first-order chi connectivity index (χ1) is 8.67. The van der Waals surface area contributed by atoms with Gasteiger partial charge in [0.05, 0.1) is 31.9 Å². The van der Waals surface area contributed by atoms with E-state index in [2.05, 4.69) is 9.84 Å². The minimum absolute atomic E-state index is 0.0669. The van der Waals surface area contributed by atoms with Crippen LogP contribution in [0.15, 0.2) is 24.4 Å². The number of aromatic nitrogens is 2. The number of fused-ring (bicyclic) bond motifs is 1. The Labute approximate surface area is 103 Å². The largest absolute Gasteiger partial charge is 0.469 e. The summed E-state index contributed by atoms with van der Waals surface area (Å²) < 4.78 is 10.8. The zero-order valence-corrected chi connectivity index (χ0v) is 10.0. The quantitative estimate of drug-likeness (QED) is 0.753. The van der Waals surface area contributed by atoms with E-state index in [1.165, 1.54) is 18.7 Å². The second-order valence-corrected chi connectivity index (χ2v) is 3.60.